The highest BCUT2D eigenvalue weighted by Gasteiger charge is 2.31. The Balaban J connectivity index is 1.67. The SMILES string of the molecule is C[C@]1(O)COc2cc(N3CCC(C#N)CC3)c(NC(=O)C(=CN)c3ncccn3)cc2C1. The molecule has 0 aliphatic carbocycles. The Morgan fingerprint density at radius 3 is 2.75 bits per heavy atom. The molecule has 9 heteroatoms. The van der Waals surface area contributed by atoms with Crippen LogP contribution in [0.2, 0.25) is 0 Å². The van der Waals surface area contributed by atoms with E-state index in [1.165, 1.54) is 6.20 Å². The average Bonchev–Trinajstić information content (AvgIpc) is 2.79. The first kappa shape index (κ1) is 21.6. The van der Waals surface area contributed by atoms with Gasteiger partial charge in [0.2, 0.25) is 0 Å². The predicted octanol–water partition coefficient (Wildman–Crippen LogP) is 1.84. The fourth-order valence-corrected chi connectivity index (χ4v) is 4.07. The summed E-state index contributed by atoms with van der Waals surface area (Å²) in [6, 6.07) is 7.74. The van der Waals surface area contributed by atoms with E-state index in [0.717, 1.165) is 24.1 Å². The number of hydrogen-bond donors (Lipinski definition) is 3. The fraction of sp³-hybridized carbons (Fsp3) is 0.391. The topological polar surface area (TPSA) is 137 Å². The summed E-state index contributed by atoms with van der Waals surface area (Å²) in [6.45, 7) is 3.31. The molecule has 166 valence electrons. The number of nitriles is 1. The largest absolute Gasteiger partial charge is 0.490 e. The van der Waals surface area contributed by atoms with Crippen LogP contribution < -0.4 is 20.7 Å². The van der Waals surface area contributed by atoms with Gasteiger partial charge in [-0.1, -0.05) is 0 Å². The number of benzene rings is 1. The molecule has 32 heavy (non-hydrogen) atoms. The van der Waals surface area contributed by atoms with Crippen LogP contribution in [0, 0.1) is 17.2 Å². The minimum Gasteiger partial charge on any atom is -0.490 e. The lowest BCUT2D eigenvalue weighted by Crippen LogP contribution is -2.39. The third kappa shape index (κ3) is 4.50. The number of carbonyl (C=O) groups is 1. The lowest BCUT2D eigenvalue weighted by molar-refractivity contribution is -0.111. The van der Waals surface area contributed by atoms with E-state index in [2.05, 4.69) is 26.3 Å². The van der Waals surface area contributed by atoms with Crippen molar-refractivity contribution in [2.45, 2.75) is 31.8 Å². The number of ether oxygens (including phenoxy) is 1. The summed E-state index contributed by atoms with van der Waals surface area (Å²) in [7, 11) is 0. The van der Waals surface area contributed by atoms with Crippen LogP contribution in [-0.4, -0.2) is 46.3 Å². The molecule has 1 amide bonds. The third-order valence-corrected chi connectivity index (χ3v) is 5.77. The maximum absolute atomic E-state index is 13.1. The molecule has 4 rings (SSSR count). The van der Waals surface area contributed by atoms with E-state index in [0.29, 0.717) is 30.9 Å². The van der Waals surface area contributed by atoms with Gasteiger partial charge in [0.15, 0.2) is 5.82 Å². The Morgan fingerprint density at radius 1 is 1.38 bits per heavy atom. The summed E-state index contributed by atoms with van der Waals surface area (Å²) in [4.78, 5) is 23.5. The first-order chi connectivity index (χ1) is 15.4. The van der Waals surface area contributed by atoms with Crippen LogP contribution in [0.4, 0.5) is 11.4 Å². The molecule has 0 unspecified atom stereocenters. The van der Waals surface area contributed by atoms with Crippen LogP contribution in [0.3, 0.4) is 0 Å². The number of aromatic nitrogens is 2. The van der Waals surface area contributed by atoms with Gasteiger partial charge < -0.3 is 25.8 Å². The molecule has 1 fully saturated rings. The summed E-state index contributed by atoms with van der Waals surface area (Å²) in [5, 5.41) is 22.6. The van der Waals surface area contributed by atoms with Crippen molar-refractivity contribution >= 4 is 22.9 Å². The Kier molecular flexibility index (Phi) is 5.97. The predicted molar refractivity (Wildman–Crippen MR) is 120 cm³/mol. The highest BCUT2D eigenvalue weighted by atomic mass is 16.5. The zero-order valence-corrected chi connectivity index (χ0v) is 17.9. The minimum atomic E-state index is -0.985. The number of aliphatic hydroxyl groups is 1. The number of nitrogens with zero attached hydrogens (tertiary/aromatic N) is 4. The molecule has 1 aromatic heterocycles. The first-order valence-electron chi connectivity index (χ1n) is 10.6. The van der Waals surface area contributed by atoms with Crippen molar-refractivity contribution in [3.63, 3.8) is 0 Å². The van der Waals surface area contributed by atoms with Crippen molar-refractivity contribution in [2.24, 2.45) is 11.7 Å². The number of fused-ring (bicyclic) bond motifs is 1. The van der Waals surface area contributed by atoms with Gasteiger partial charge in [-0.05, 0) is 37.5 Å². The number of carbonyl (C=O) groups excluding carboxylic acids is 1. The number of hydrogen-bond acceptors (Lipinski definition) is 8. The van der Waals surface area contributed by atoms with Crippen LogP contribution in [-0.2, 0) is 11.2 Å². The molecule has 2 aromatic rings. The van der Waals surface area contributed by atoms with Crippen molar-refractivity contribution < 1.29 is 14.6 Å². The summed E-state index contributed by atoms with van der Waals surface area (Å²) < 4.78 is 5.82. The molecule has 1 aromatic carbocycles. The molecule has 4 N–H and O–H groups in total. The molecule has 9 nitrogen and oxygen atoms in total. The van der Waals surface area contributed by atoms with E-state index in [1.54, 1.807) is 25.4 Å². The quantitative estimate of drug-likeness (QED) is 0.620. The van der Waals surface area contributed by atoms with Gasteiger partial charge in [-0.25, -0.2) is 9.97 Å². The zero-order chi connectivity index (χ0) is 22.7. The van der Waals surface area contributed by atoms with E-state index in [4.69, 9.17) is 10.5 Å². The fourth-order valence-electron chi connectivity index (χ4n) is 4.07. The average molecular weight is 435 g/mol. The van der Waals surface area contributed by atoms with E-state index >= 15 is 0 Å². The van der Waals surface area contributed by atoms with Gasteiger partial charge in [-0.3, -0.25) is 4.79 Å². The second kappa shape index (κ2) is 8.85. The van der Waals surface area contributed by atoms with Gasteiger partial charge in [0, 0.05) is 50.1 Å². The Bertz CT molecular complexity index is 1070. The summed E-state index contributed by atoms with van der Waals surface area (Å²) in [6.07, 6.45) is 6.19. The summed E-state index contributed by atoms with van der Waals surface area (Å²) in [5.74, 6) is 0.520. The number of rotatable bonds is 4. The number of nitrogens with one attached hydrogen (secondary N) is 1. The molecule has 2 aliphatic heterocycles. The van der Waals surface area contributed by atoms with E-state index < -0.39 is 11.5 Å². The Hall–Kier alpha value is -3.64. The Morgan fingerprint density at radius 2 is 2.09 bits per heavy atom. The van der Waals surface area contributed by atoms with E-state index in [9.17, 15) is 15.2 Å². The second-order valence-electron chi connectivity index (χ2n) is 8.44. The van der Waals surface area contributed by atoms with Crippen LogP contribution in [0.1, 0.15) is 31.2 Å². The number of nitrogens with two attached hydrogens (primary N) is 1. The lowest BCUT2D eigenvalue weighted by Gasteiger charge is -2.35. The maximum Gasteiger partial charge on any atom is 0.261 e. The summed E-state index contributed by atoms with van der Waals surface area (Å²) >= 11 is 0. The minimum absolute atomic E-state index is 0.0373. The monoisotopic (exact) mass is 434 g/mol. The van der Waals surface area contributed by atoms with Gasteiger partial charge >= 0.3 is 0 Å². The van der Waals surface area contributed by atoms with Crippen LogP contribution in [0.25, 0.3) is 5.57 Å². The molecule has 1 saturated heterocycles. The van der Waals surface area contributed by atoms with Crippen LogP contribution in [0.15, 0.2) is 36.8 Å². The molecule has 0 saturated carbocycles. The van der Waals surface area contributed by atoms with E-state index in [1.807, 2.05) is 12.1 Å². The number of piperidine rings is 1. The standard InChI is InChI=1S/C23H26N6O3/c1-23(31)11-16-9-18(28-22(30)17(13-25)21-26-5-2-6-27-21)19(10-20(16)32-14-23)29-7-3-15(12-24)4-8-29/h2,5-6,9-10,13,15,31H,3-4,7-8,11,14,25H2,1H3,(H,28,30)/t23-/m1/s1. The smallest absolute Gasteiger partial charge is 0.261 e. The summed E-state index contributed by atoms with van der Waals surface area (Å²) in [5.41, 5.74) is 7.09. The first-order valence-corrected chi connectivity index (χ1v) is 10.6. The zero-order valence-electron chi connectivity index (χ0n) is 17.9. The highest BCUT2D eigenvalue weighted by Crippen LogP contribution is 2.39. The molecular formula is C23H26N6O3. The van der Waals surface area contributed by atoms with Gasteiger partial charge in [0.25, 0.3) is 5.91 Å². The molecule has 2 aliphatic rings. The third-order valence-electron chi connectivity index (χ3n) is 5.77. The van der Waals surface area contributed by atoms with E-state index in [-0.39, 0.29) is 23.9 Å². The molecule has 0 bridgehead atoms. The van der Waals surface area contributed by atoms with Crippen molar-refractivity contribution in [3.8, 4) is 11.8 Å². The number of anilines is 2. The molecule has 0 spiro atoms. The lowest BCUT2D eigenvalue weighted by atomic mass is 9.92. The van der Waals surface area contributed by atoms with Gasteiger partial charge in [-0.15, -0.1) is 0 Å². The molecule has 1 atom stereocenters. The molecular weight excluding hydrogens is 408 g/mol. The van der Waals surface area contributed by atoms with Crippen molar-refractivity contribution in [1.82, 2.24) is 9.97 Å². The Labute approximate surface area is 186 Å². The van der Waals surface area contributed by atoms with Gasteiger partial charge in [-0.2, -0.15) is 5.26 Å². The van der Waals surface area contributed by atoms with Crippen molar-refractivity contribution in [1.29, 1.82) is 5.26 Å². The normalized spacial score (nSPS) is 21.3. The van der Waals surface area contributed by atoms with Gasteiger partial charge in [0.05, 0.1) is 28.6 Å². The van der Waals surface area contributed by atoms with Crippen LogP contribution >= 0.6 is 0 Å². The van der Waals surface area contributed by atoms with Crippen molar-refractivity contribution in [2.75, 3.05) is 29.9 Å². The number of amides is 1. The maximum atomic E-state index is 13.1. The molecule has 3 heterocycles. The molecule has 0 radical (unpaired) electrons. The van der Waals surface area contributed by atoms with Gasteiger partial charge in [0.1, 0.15) is 12.4 Å². The highest BCUT2D eigenvalue weighted by molar-refractivity contribution is 6.24. The second-order valence-corrected chi connectivity index (χ2v) is 8.44. The van der Waals surface area contributed by atoms with Crippen molar-refractivity contribution in [3.05, 3.63) is 48.2 Å². The van der Waals surface area contributed by atoms with Crippen LogP contribution in [0.5, 0.6) is 5.75 Å².